The molecule has 0 saturated heterocycles. The van der Waals surface area contributed by atoms with E-state index in [0.29, 0.717) is 11.6 Å². The first-order chi connectivity index (χ1) is 7.58. The topological polar surface area (TPSA) is 61.7 Å². The second-order valence-electron chi connectivity index (χ2n) is 4.23. The molecule has 2 N–H and O–H groups in total. The summed E-state index contributed by atoms with van der Waals surface area (Å²) >= 11 is 0. The first-order valence-electron chi connectivity index (χ1n) is 5.26. The number of nitrogens with one attached hydrogen (secondary N) is 1. The summed E-state index contributed by atoms with van der Waals surface area (Å²) in [6, 6.07) is 5.15. The smallest absolute Gasteiger partial charge is 0.335 e. The van der Waals surface area contributed by atoms with Gasteiger partial charge in [-0.3, -0.25) is 4.99 Å². The monoisotopic (exact) mass is 218 g/mol. The molecule has 0 saturated carbocycles. The lowest BCUT2D eigenvalue weighted by atomic mass is 10.0. The van der Waals surface area contributed by atoms with Gasteiger partial charge in [0.05, 0.1) is 23.0 Å². The van der Waals surface area contributed by atoms with Gasteiger partial charge in [0.25, 0.3) is 0 Å². The average molecular weight is 218 g/mol. The molecule has 0 radical (unpaired) electrons. The summed E-state index contributed by atoms with van der Waals surface area (Å²) in [6.07, 6.45) is 1.83. The van der Waals surface area contributed by atoms with Gasteiger partial charge in [-0.15, -0.1) is 0 Å². The summed E-state index contributed by atoms with van der Waals surface area (Å²) < 4.78 is 0. The molecule has 0 aliphatic carbocycles. The fraction of sp³-hybridized carbons (Fsp3) is 0.333. The highest BCUT2D eigenvalue weighted by Crippen LogP contribution is 2.30. The molecule has 0 fully saturated rings. The fourth-order valence-electron chi connectivity index (χ4n) is 1.61. The molecule has 1 aliphatic heterocycles. The largest absolute Gasteiger partial charge is 0.478 e. The molecule has 2 rings (SSSR count). The van der Waals surface area contributed by atoms with Crippen molar-refractivity contribution < 1.29 is 9.90 Å². The number of nitrogens with zero attached hydrogens (tertiary/aromatic N) is 1. The van der Waals surface area contributed by atoms with Crippen LogP contribution in [0.5, 0.6) is 0 Å². The number of benzene rings is 1. The van der Waals surface area contributed by atoms with Crippen molar-refractivity contribution in [2.75, 3.05) is 5.32 Å². The van der Waals surface area contributed by atoms with Crippen molar-refractivity contribution >= 4 is 23.6 Å². The molecule has 0 aromatic heterocycles. The number of aromatic carboxylic acids is 1. The molecule has 1 aromatic rings. The maximum atomic E-state index is 10.8. The third kappa shape index (κ3) is 1.91. The molecule has 1 atom stereocenters. The predicted molar refractivity (Wildman–Crippen MR) is 63.8 cm³/mol. The Balaban J connectivity index is 2.33. The van der Waals surface area contributed by atoms with E-state index >= 15 is 0 Å². The van der Waals surface area contributed by atoms with E-state index in [0.717, 1.165) is 5.69 Å². The van der Waals surface area contributed by atoms with Crippen molar-refractivity contribution in [3.8, 4) is 0 Å². The number of fused-ring (bicyclic) bond motifs is 1. The third-order valence-electron chi connectivity index (χ3n) is 2.66. The van der Waals surface area contributed by atoms with Crippen molar-refractivity contribution in [2.24, 2.45) is 10.9 Å². The summed E-state index contributed by atoms with van der Waals surface area (Å²) in [7, 11) is 0. The van der Waals surface area contributed by atoms with Gasteiger partial charge in [0, 0.05) is 6.21 Å². The number of carboxylic acid groups (broad SMARTS) is 1. The maximum absolute atomic E-state index is 10.8. The number of hydrogen-bond donors (Lipinski definition) is 2. The van der Waals surface area contributed by atoms with Crippen LogP contribution in [0, 0.1) is 5.92 Å². The minimum Gasteiger partial charge on any atom is -0.478 e. The van der Waals surface area contributed by atoms with Crippen molar-refractivity contribution in [1.29, 1.82) is 0 Å². The van der Waals surface area contributed by atoms with Gasteiger partial charge >= 0.3 is 5.97 Å². The third-order valence-corrected chi connectivity index (χ3v) is 2.66. The molecule has 1 aliphatic rings. The second-order valence-corrected chi connectivity index (χ2v) is 4.23. The number of anilines is 1. The van der Waals surface area contributed by atoms with E-state index in [1.165, 1.54) is 0 Å². The van der Waals surface area contributed by atoms with Crippen molar-refractivity contribution in [2.45, 2.75) is 19.9 Å². The van der Waals surface area contributed by atoms with Gasteiger partial charge in [-0.2, -0.15) is 0 Å². The highest BCUT2D eigenvalue weighted by molar-refractivity contribution is 5.92. The SMILES string of the molecule is CC(C)C1C=Nc2cc(C(=O)O)ccc2N1. The number of hydrogen-bond acceptors (Lipinski definition) is 3. The van der Waals surface area contributed by atoms with Crippen LogP contribution in [0.4, 0.5) is 11.4 Å². The van der Waals surface area contributed by atoms with E-state index in [1.54, 1.807) is 18.2 Å². The Morgan fingerprint density at radius 3 is 2.88 bits per heavy atom. The number of rotatable bonds is 2. The lowest BCUT2D eigenvalue weighted by Gasteiger charge is -2.24. The number of carbonyl (C=O) groups is 1. The number of aliphatic imine (C=N–C) groups is 1. The molecule has 0 spiro atoms. The van der Waals surface area contributed by atoms with Crippen LogP contribution in [0.1, 0.15) is 24.2 Å². The molecule has 4 heteroatoms. The van der Waals surface area contributed by atoms with Crippen LogP contribution in [0.15, 0.2) is 23.2 Å². The van der Waals surface area contributed by atoms with Crippen LogP contribution < -0.4 is 5.32 Å². The second kappa shape index (κ2) is 3.96. The molecule has 1 aromatic carbocycles. The van der Waals surface area contributed by atoms with Gasteiger partial charge in [-0.25, -0.2) is 4.79 Å². The Labute approximate surface area is 94.0 Å². The zero-order valence-electron chi connectivity index (χ0n) is 9.27. The normalized spacial score (nSPS) is 18.1. The van der Waals surface area contributed by atoms with Gasteiger partial charge in [0.2, 0.25) is 0 Å². The van der Waals surface area contributed by atoms with Crippen LogP contribution in [0.3, 0.4) is 0 Å². The zero-order chi connectivity index (χ0) is 11.7. The maximum Gasteiger partial charge on any atom is 0.335 e. The Hall–Kier alpha value is -1.84. The average Bonchev–Trinajstić information content (AvgIpc) is 2.27. The first kappa shape index (κ1) is 10.7. The van der Waals surface area contributed by atoms with Gasteiger partial charge < -0.3 is 10.4 Å². The Bertz CT molecular complexity index is 452. The van der Waals surface area contributed by atoms with Crippen LogP contribution in [0.25, 0.3) is 0 Å². The highest BCUT2D eigenvalue weighted by atomic mass is 16.4. The lowest BCUT2D eigenvalue weighted by molar-refractivity contribution is 0.0697. The summed E-state index contributed by atoms with van der Waals surface area (Å²) in [6.45, 7) is 4.22. The standard InChI is InChI=1S/C12H14N2O2/c1-7(2)11-6-13-10-5-8(12(15)16)3-4-9(10)14-11/h3-7,11,14H,1-2H3,(H,15,16). The molecular weight excluding hydrogens is 204 g/mol. The van der Waals surface area contributed by atoms with E-state index < -0.39 is 5.97 Å². The molecular formula is C12H14N2O2. The molecule has 16 heavy (non-hydrogen) atoms. The van der Waals surface area contributed by atoms with E-state index in [-0.39, 0.29) is 11.6 Å². The molecule has 1 heterocycles. The molecule has 1 unspecified atom stereocenters. The first-order valence-corrected chi connectivity index (χ1v) is 5.26. The van der Waals surface area contributed by atoms with E-state index in [4.69, 9.17) is 5.11 Å². The van der Waals surface area contributed by atoms with Crippen LogP contribution in [-0.4, -0.2) is 23.3 Å². The van der Waals surface area contributed by atoms with Crippen LogP contribution >= 0.6 is 0 Å². The zero-order valence-corrected chi connectivity index (χ0v) is 9.27. The molecule has 84 valence electrons. The highest BCUT2D eigenvalue weighted by Gasteiger charge is 2.17. The van der Waals surface area contributed by atoms with Crippen molar-refractivity contribution in [1.82, 2.24) is 0 Å². The van der Waals surface area contributed by atoms with Crippen LogP contribution in [0.2, 0.25) is 0 Å². The molecule has 0 bridgehead atoms. The van der Waals surface area contributed by atoms with E-state index in [9.17, 15) is 4.79 Å². The minimum atomic E-state index is -0.927. The van der Waals surface area contributed by atoms with Gasteiger partial charge in [-0.05, 0) is 24.1 Å². The molecule has 4 nitrogen and oxygen atoms in total. The Morgan fingerprint density at radius 2 is 2.25 bits per heavy atom. The predicted octanol–water partition coefficient (Wildman–Crippen LogP) is 2.54. The summed E-state index contributed by atoms with van der Waals surface area (Å²) in [5.41, 5.74) is 1.85. The summed E-state index contributed by atoms with van der Waals surface area (Å²) in [5, 5.41) is 12.2. The summed E-state index contributed by atoms with van der Waals surface area (Å²) in [5.74, 6) is -0.472. The summed E-state index contributed by atoms with van der Waals surface area (Å²) in [4.78, 5) is 15.1. The van der Waals surface area contributed by atoms with Gasteiger partial charge in [0.1, 0.15) is 0 Å². The van der Waals surface area contributed by atoms with Gasteiger partial charge in [0.15, 0.2) is 0 Å². The van der Waals surface area contributed by atoms with Crippen molar-refractivity contribution in [3.05, 3.63) is 23.8 Å². The Kier molecular flexibility index (Phi) is 2.64. The lowest BCUT2D eigenvalue weighted by Crippen LogP contribution is -2.29. The van der Waals surface area contributed by atoms with Crippen molar-refractivity contribution in [3.63, 3.8) is 0 Å². The van der Waals surface area contributed by atoms with E-state index in [2.05, 4.69) is 24.2 Å². The van der Waals surface area contributed by atoms with Crippen LogP contribution in [-0.2, 0) is 0 Å². The molecule has 0 amide bonds. The fourth-order valence-corrected chi connectivity index (χ4v) is 1.61. The van der Waals surface area contributed by atoms with Gasteiger partial charge in [-0.1, -0.05) is 13.8 Å². The number of carboxylic acids is 1. The quantitative estimate of drug-likeness (QED) is 0.801. The Morgan fingerprint density at radius 1 is 1.50 bits per heavy atom. The minimum absolute atomic E-state index is 0.211. The van der Waals surface area contributed by atoms with E-state index in [1.807, 2.05) is 6.21 Å².